The zero-order valence-electron chi connectivity index (χ0n) is 6.57. The van der Waals surface area contributed by atoms with Crippen LogP contribution in [0.1, 0.15) is 19.3 Å². The molecule has 0 heterocycles. The van der Waals surface area contributed by atoms with Crippen LogP contribution >= 0.6 is 0 Å². The van der Waals surface area contributed by atoms with Gasteiger partial charge in [0.15, 0.2) is 0 Å². The second kappa shape index (κ2) is 2.85. The van der Waals surface area contributed by atoms with E-state index in [-0.39, 0.29) is 0 Å². The molecule has 13 heavy (non-hydrogen) atoms. The highest BCUT2D eigenvalue weighted by atomic mass is 19.3. The van der Waals surface area contributed by atoms with Crippen molar-refractivity contribution in [2.75, 3.05) is 0 Å². The second-order valence-corrected chi connectivity index (χ2v) is 3.34. The van der Waals surface area contributed by atoms with E-state index in [4.69, 9.17) is 5.11 Å². The van der Waals surface area contributed by atoms with Crippen LogP contribution in [0, 0.1) is 5.92 Å². The van der Waals surface area contributed by atoms with Crippen LogP contribution in [0.4, 0.5) is 17.6 Å². The van der Waals surface area contributed by atoms with Gasteiger partial charge in [0.1, 0.15) is 0 Å². The van der Waals surface area contributed by atoms with Crippen molar-refractivity contribution in [3.8, 4) is 0 Å². The quantitative estimate of drug-likeness (QED) is 0.708. The summed E-state index contributed by atoms with van der Waals surface area (Å²) in [6.45, 7) is 0. The minimum absolute atomic E-state index is 0.629. The first-order valence-corrected chi connectivity index (χ1v) is 3.72. The Morgan fingerprint density at radius 3 is 2.23 bits per heavy atom. The minimum atomic E-state index is -3.87. The monoisotopic (exact) mass is 200 g/mol. The van der Waals surface area contributed by atoms with Crippen LogP contribution in [0.5, 0.6) is 0 Å². The molecule has 1 saturated carbocycles. The van der Waals surface area contributed by atoms with Crippen LogP contribution in [-0.2, 0) is 4.79 Å². The first-order valence-electron chi connectivity index (χ1n) is 3.72. The number of hydrogen-bond donors (Lipinski definition) is 1. The zero-order valence-corrected chi connectivity index (χ0v) is 6.57. The molecular formula is C7H8F4O2. The number of alkyl halides is 4. The van der Waals surface area contributed by atoms with Crippen LogP contribution in [0.2, 0.25) is 0 Å². The molecule has 76 valence electrons. The average molecular weight is 200 g/mol. The fraction of sp³-hybridized carbons (Fsp3) is 0.857. The Labute approximate surface area is 71.5 Å². The van der Waals surface area contributed by atoms with Crippen molar-refractivity contribution in [3.05, 3.63) is 0 Å². The van der Waals surface area contributed by atoms with Crippen molar-refractivity contribution < 1.29 is 27.5 Å². The standard InChI is InChI=1S/C7H8F4O2/c8-6(9)1-4(2-6)3-7(10,11)5(12)13/h4H,1-3H2,(H,12,13). The van der Waals surface area contributed by atoms with Gasteiger partial charge in [0.25, 0.3) is 0 Å². The lowest BCUT2D eigenvalue weighted by molar-refractivity contribution is -0.177. The molecule has 1 rings (SSSR count). The summed E-state index contributed by atoms with van der Waals surface area (Å²) in [5, 5.41) is 8.00. The van der Waals surface area contributed by atoms with Crippen LogP contribution in [0.25, 0.3) is 0 Å². The first kappa shape index (κ1) is 10.3. The van der Waals surface area contributed by atoms with E-state index in [0.29, 0.717) is 0 Å². The lowest BCUT2D eigenvalue weighted by Gasteiger charge is -2.35. The number of rotatable bonds is 3. The van der Waals surface area contributed by atoms with Gasteiger partial charge in [0, 0.05) is 19.3 Å². The molecule has 0 atom stereocenters. The van der Waals surface area contributed by atoms with E-state index < -0.39 is 43.0 Å². The average Bonchev–Trinajstić information content (AvgIpc) is 1.81. The van der Waals surface area contributed by atoms with Crippen molar-refractivity contribution in [1.29, 1.82) is 0 Å². The molecule has 1 aliphatic rings. The third-order valence-corrected chi connectivity index (χ3v) is 2.03. The highest BCUT2D eigenvalue weighted by Gasteiger charge is 2.51. The van der Waals surface area contributed by atoms with E-state index in [1.54, 1.807) is 0 Å². The summed E-state index contributed by atoms with van der Waals surface area (Å²) in [5.41, 5.74) is 0. The fourth-order valence-electron chi connectivity index (χ4n) is 1.38. The molecule has 0 amide bonds. The van der Waals surface area contributed by atoms with Gasteiger partial charge in [0.2, 0.25) is 5.92 Å². The Hall–Kier alpha value is -0.810. The van der Waals surface area contributed by atoms with E-state index in [1.165, 1.54) is 0 Å². The Bertz CT molecular complexity index is 219. The number of halogens is 4. The number of aliphatic carboxylic acids is 1. The van der Waals surface area contributed by atoms with Gasteiger partial charge in [-0.15, -0.1) is 0 Å². The largest absolute Gasteiger partial charge is 0.477 e. The summed E-state index contributed by atoms with van der Waals surface area (Å²) in [6, 6.07) is 0. The molecule has 0 radical (unpaired) electrons. The van der Waals surface area contributed by atoms with E-state index >= 15 is 0 Å². The molecule has 0 aliphatic heterocycles. The molecule has 0 saturated heterocycles. The summed E-state index contributed by atoms with van der Waals surface area (Å²) in [5.74, 6) is -9.87. The van der Waals surface area contributed by atoms with E-state index in [2.05, 4.69) is 0 Å². The molecule has 0 aromatic heterocycles. The Balaban J connectivity index is 2.40. The highest BCUT2D eigenvalue weighted by Crippen LogP contribution is 2.46. The zero-order chi connectivity index (χ0) is 10.3. The maximum Gasteiger partial charge on any atom is 0.374 e. The Kier molecular flexibility index (Phi) is 2.25. The maximum atomic E-state index is 12.4. The number of carboxylic acid groups (broad SMARTS) is 1. The molecule has 0 aromatic rings. The Morgan fingerprint density at radius 1 is 1.46 bits per heavy atom. The van der Waals surface area contributed by atoms with Gasteiger partial charge in [-0.25, -0.2) is 13.6 Å². The lowest BCUT2D eigenvalue weighted by Crippen LogP contribution is -2.41. The van der Waals surface area contributed by atoms with Gasteiger partial charge in [-0.05, 0) is 5.92 Å². The molecule has 0 spiro atoms. The van der Waals surface area contributed by atoms with Gasteiger partial charge in [0.05, 0.1) is 0 Å². The summed E-state index contributed by atoms with van der Waals surface area (Å²) in [7, 11) is 0. The van der Waals surface area contributed by atoms with Gasteiger partial charge in [-0.3, -0.25) is 0 Å². The number of carbonyl (C=O) groups is 1. The van der Waals surface area contributed by atoms with E-state index in [9.17, 15) is 22.4 Å². The maximum absolute atomic E-state index is 12.4. The van der Waals surface area contributed by atoms with Gasteiger partial charge >= 0.3 is 11.9 Å². The molecule has 1 N–H and O–H groups in total. The number of carboxylic acids is 1. The van der Waals surface area contributed by atoms with Crippen molar-refractivity contribution in [1.82, 2.24) is 0 Å². The van der Waals surface area contributed by atoms with Crippen LogP contribution in [0.15, 0.2) is 0 Å². The molecule has 2 nitrogen and oxygen atoms in total. The first-order chi connectivity index (χ1) is 5.73. The van der Waals surface area contributed by atoms with Crippen molar-refractivity contribution in [2.45, 2.75) is 31.1 Å². The summed E-state index contributed by atoms with van der Waals surface area (Å²) in [6.07, 6.45) is -2.25. The molecule has 1 fully saturated rings. The summed E-state index contributed by atoms with van der Waals surface area (Å²) >= 11 is 0. The second-order valence-electron chi connectivity index (χ2n) is 3.34. The lowest BCUT2D eigenvalue weighted by atomic mass is 9.78. The molecule has 0 bridgehead atoms. The molecule has 1 aliphatic carbocycles. The van der Waals surface area contributed by atoms with Crippen LogP contribution in [-0.4, -0.2) is 22.9 Å². The summed E-state index contributed by atoms with van der Waals surface area (Å²) < 4.78 is 49.2. The minimum Gasteiger partial charge on any atom is -0.477 e. The molecule has 0 unspecified atom stereocenters. The van der Waals surface area contributed by atoms with Crippen molar-refractivity contribution in [3.63, 3.8) is 0 Å². The molecular weight excluding hydrogens is 192 g/mol. The van der Waals surface area contributed by atoms with E-state index in [0.717, 1.165) is 0 Å². The molecule has 0 aromatic carbocycles. The predicted molar refractivity (Wildman–Crippen MR) is 34.9 cm³/mol. The van der Waals surface area contributed by atoms with Gasteiger partial charge in [-0.1, -0.05) is 0 Å². The van der Waals surface area contributed by atoms with Crippen LogP contribution in [0.3, 0.4) is 0 Å². The Morgan fingerprint density at radius 2 is 1.92 bits per heavy atom. The van der Waals surface area contributed by atoms with Gasteiger partial charge in [-0.2, -0.15) is 8.78 Å². The topological polar surface area (TPSA) is 37.3 Å². The van der Waals surface area contributed by atoms with Crippen molar-refractivity contribution >= 4 is 5.97 Å². The van der Waals surface area contributed by atoms with Crippen molar-refractivity contribution in [2.24, 2.45) is 5.92 Å². The number of hydrogen-bond acceptors (Lipinski definition) is 1. The van der Waals surface area contributed by atoms with Gasteiger partial charge < -0.3 is 5.11 Å². The third kappa shape index (κ3) is 2.32. The predicted octanol–water partition coefficient (Wildman–Crippen LogP) is 2.14. The van der Waals surface area contributed by atoms with Crippen LogP contribution < -0.4 is 0 Å². The van der Waals surface area contributed by atoms with E-state index in [1.807, 2.05) is 0 Å². The summed E-state index contributed by atoms with van der Waals surface area (Å²) in [4.78, 5) is 9.92. The highest BCUT2D eigenvalue weighted by molar-refractivity contribution is 5.75. The smallest absolute Gasteiger partial charge is 0.374 e. The normalized spacial score (nSPS) is 22.5. The third-order valence-electron chi connectivity index (χ3n) is 2.03. The molecule has 6 heteroatoms. The fourth-order valence-corrected chi connectivity index (χ4v) is 1.38. The SMILES string of the molecule is O=C(O)C(F)(F)CC1CC(F)(F)C1.